The Hall–Kier alpha value is -2.11. The minimum absolute atomic E-state index is 0.132. The van der Waals surface area contributed by atoms with E-state index in [-0.39, 0.29) is 11.9 Å². The van der Waals surface area contributed by atoms with Crippen LogP contribution >= 0.6 is 0 Å². The third kappa shape index (κ3) is 3.01. The Morgan fingerprint density at radius 3 is 2.42 bits per heavy atom. The standard InChI is InChI=1S/C13H19N5O/c1-4-17-8-6-11(15-17)10(3)14-13(19)12-7-9-18(5-2)16-12/h6-10H,4-5H2,1-3H3,(H,14,19). The van der Waals surface area contributed by atoms with Crippen LogP contribution in [0.4, 0.5) is 0 Å². The van der Waals surface area contributed by atoms with E-state index in [9.17, 15) is 4.79 Å². The van der Waals surface area contributed by atoms with Gasteiger partial charge in [0, 0.05) is 25.5 Å². The number of nitrogens with one attached hydrogen (secondary N) is 1. The molecule has 0 saturated heterocycles. The van der Waals surface area contributed by atoms with Crippen molar-refractivity contribution in [1.29, 1.82) is 0 Å². The maximum absolute atomic E-state index is 12.0. The Balaban J connectivity index is 2.01. The molecule has 0 aliphatic carbocycles. The lowest BCUT2D eigenvalue weighted by molar-refractivity contribution is 0.0933. The molecule has 0 bridgehead atoms. The van der Waals surface area contributed by atoms with Gasteiger partial charge in [0.1, 0.15) is 5.69 Å². The van der Waals surface area contributed by atoms with Gasteiger partial charge in [-0.25, -0.2) is 0 Å². The van der Waals surface area contributed by atoms with Crippen LogP contribution in [-0.2, 0) is 13.1 Å². The summed E-state index contributed by atoms with van der Waals surface area (Å²) >= 11 is 0. The third-order valence-electron chi connectivity index (χ3n) is 2.97. The summed E-state index contributed by atoms with van der Waals surface area (Å²) in [5, 5.41) is 11.4. The zero-order valence-electron chi connectivity index (χ0n) is 11.5. The van der Waals surface area contributed by atoms with E-state index in [1.165, 1.54) is 0 Å². The first kappa shape index (κ1) is 13.3. The van der Waals surface area contributed by atoms with Crippen LogP contribution in [0, 0.1) is 0 Å². The van der Waals surface area contributed by atoms with Crippen LogP contribution in [-0.4, -0.2) is 25.5 Å². The number of carbonyl (C=O) groups is 1. The molecule has 1 unspecified atom stereocenters. The fourth-order valence-corrected chi connectivity index (χ4v) is 1.79. The van der Waals surface area contributed by atoms with E-state index >= 15 is 0 Å². The van der Waals surface area contributed by atoms with Crippen LogP contribution in [0.5, 0.6) is 0 Å². The van der Waals surface area contributed by atoms with Gasteiger partial charge in [-0.05, 0) is 32.9 Å². The number of amides is 1. The molecule has 0 saturated carbocycles. The molecule has 1 amide bonds. The van der Waals surface area contributed by atoms with Crippen LogP contribution < -0.4 is 5.32 Å². The monoisotopic (exact) mass is 261 g/mol. The van der Waals surface area contributed by atoms with Crippen molar-refractivity contribution in [2.75, 3.05) is 0 Å². The number of aryl methyl sites for hydroxylation is 2. The van der Waals surface area contributed by atoms with Crippen molar-refractivity contribution in [2.45, 2.75) is 39.9 Å². The van der Waals surface area contributed by atoms with Crippen molar-refractivity contribution in [3.05, 3.63) is 35.9 Å². The summed E-state index contributed by atoms with van der Waals surface area (Å²) in [6.45, 7) is 7.49. The van der Waals surface area contributed by atoms with Crippen LogP contribution in [0.1, 0.15) is 43.0 Å². The maximum Gasteiger partial charge on any atom is 0.272 e. The topological polar surface area (TPSA) is 64.7 Å². The fraction of sp³-hybridized carbons (Fsp3) is 0.462. The van der Waals surface area contributed by atoms with E-state index in [0.29, 0.717) is 5.69 Å². The molecule has 1 N–H and O–H groups in total. The number of rotatable bonds is 5. The summed E-state index contributed by atoms with van der Waals surface area (Å²) in [5.74, 6) is -0.175. The number of aromatic nitrogens is 4. The summed E-state index contributed by atoms with van der Waals surface area (Å²) in [7, 11) is 0. The predicted molar refractivity (Wildman–Crippen MR) is 71.7 cm³/mol. The molecule has 2 rings (SSSR count). The number of nitrogens with zero attached hydrogens (tertiary/aromatic N) is 4. The van der Waals surface area contributed by atoms with E-state index in [1.807, 2.05) is 37.7 Å². The van der Waals surface area contributed by atoms with Crippen molar-refractivity contribution in [3.63, 3.8) is 0 Å². The summed E-state index contributed by atoms with van der Waals surface area (Å²) in [6, 6.07) is 3.50. The van der Waals surface area contributed by atoms with Crippen molar-refractivity contribution in [3.8, 4) is 0 Å². The van der Waals surface area contributed by atoms with Gasteiger partial charge in [0.05, 0.1) is 11.7 Å². The van der Waals surface area contributed by atoms with Crippen molar-refractivity contribution >= 4 is 5.91 Å². The quantitative estimate of drug-likeness (QED) is 0.889. The molecule has 2 aromatic rings. The van der Waals surface area contributed by atoms with E-state index in [0.717, 1.165) is 18.8 Å². The Morgan fingerprint density at radius 2 is 1.84 bits per heavy atom. The summed E-state index contributed by atoms with van der Waals surface area (Å²) < 4.78 is 3.56. The molecule has 2 heterocycles. The number of hydrogen-bond donors (Lipinski definition) is 1. The van der Waals surface area contributed by atoms with Gasteiger partial charge in [-0.1, -0.05) is 0 Å². The lowest BCUT2D eigenvalue weighted by atomic mass is 10.2. The van der Waals surface area contributed by atoms with Gasteiger partial charge in [0.25, 0.3) is 5.91 Å². The molecule has 102 valence electrons. The lowest BCUT2D eigenvalue weighted by Gasteiger charge is -2.10. The lowest BCUT2D eigenvalue weighted by Crippen LogP contribution is -2.27. The second kappa shape index (κ2) is 5.69. The molecule has 0 spiro atoms. The summed E-state index contributed by atoms with van der Waals surface area (Å²) in [5.41, 5.74) is 1.29. The van der Waals surface area contributed by atoms with Crippen molar-refractivity contribution in [2.24, 2.45) is 0 Å². The summed E-state index contributed by atoms with van der Waals surface area (Å²) in [4.78, 5) is 12.0. The predicted octanol–water partition coefficient (Wildman–Crippen LogP) is 1.61. The molecule has 19 heavy (non-hydrogen) atoms. The molecule has 6 nitrogen and oxygen atoms in total. The van der Waals surface area contributed by atoms with Gasteiger partial charge in [-0.15, -0.1) is 0 Å². The molecule has 0 aliphatic heterocycles. The normalized spacial score (nSPS) is 12.4. The number of carbonyl (C=O) groups excluding carboxylic acids is 1. The van der Waals surface area contributed by atoms with Crippen LogP contribution in [0.15, 0.2) is 24.5 Å². The zero-order chi connectivity index (χ0) is 13.8. The average molecular weight is 261 g/mol. The molecule has 2 aromatic heterocycles. The van der Waals surface area contributed by atoms with Crippen LogP contribution in [0.2, 0.25) is 0 Å². The first-order chi connectivity index (χ1) is 9.13. The van der Waals surface area contributed by atoms with Gasteiger partial charge in [-0.2, -0.15) is 10.2 Å². The minimum atomic E-state index is -0.175. The van der Waals surface area contributed by atoms with Gasteiger partial charge in [0.2, 0.25) is 0 Å². The molecule has 0 aromatic carbocycles. The Bertz CT molecular complexity index is 557. The van der Waals surface area contributed by atoms with Gasteiger partial charge in [-0.3, -0.25) is 14.2 Å². The number of hydrogen-bond acceptors (Lipinski definition) is 3. The minimum Gasteiger partial charge on any atom is -0.342 e. The largest absolute Gasteiger partial charge is 0.342 e. The first-order valence-corrected chi connectivity index (χ1v) is 6.51. The first-order valence-electron chi connectivity index (χ1n) is 6.51. The fourth-order valence-electron chi connectivity index (χ4n) is 1.79. The average Bonchev–Trinajstić information content (AvgIpc) is 3.07. The van der Waals surface area contributed by atoms with Gasteiger partial charge >= 0.3 is 0 Å². The highest BCUT2D eigenvalue weighted by Crippen LogP contribution is 2.10. The highest BCUT2D eigenvalue weighted by atomic mass is 16.2. The molecule has 0 radical (unpaired) electrons. The molecule has 0 fully saturated rings. The Kier molecular flexibility index (Phi) is 3.99. The zero-order valence-corrected chi connectivity index (χ0v) is 11.5. The molecular weight excluding hydrogens is 242 g/mol. The highest BCUT2D eigenvalue weighted by molar-refractivity contribution is 5.92. The Morgan fingerprint density at radius 1 is 1.21 bits per heavy atom. The van der Waals surface area contributed by atoms with Crippen molar-refractivity contribution < 1.29 is 4.79 Å². The maximum atomic E-state index is 12.0. The molecule has 1 atom stereocenters. The van der Waals surface area contributed by atoms with Crippen molar-refractivity contribution in [1.82, 2.24) is 24.9 Å². The third-order valence-corrected chi connectivity index (χ3v) is 2.97. The van der Waals surface area contributed by atoms with Gasteiger partial charge in [0.15, 0.2) is 0 Å². The van der Waals surface area contributed by atoms with Crippen LogP contribution in [0.3, 0.4) is 0 Å². The summed E-state index contributed by atoms with van der Waals surface area (Å²) in [6.07, 6.45) is 3.70. The van der Waals surface area contributed by atoms with E-state index < -0.39 is 0 Å². The van der Waals surface area contributed by atoms with E-state index in [2.05, 4.69) is 15.5 Å². The van der Waals surface area contributed by atoms with Crippen LogP contribution in [0.25, 0.3) is 0 Å². The smallest absolute Gasteiger partial charge is 0.272 e. The molecular formula is C13H19N5O. The SMILES string of the molecule is CCn1ccc(C(=O)NC(C)c2ccn(CC)n2)n1. The van der Waals surface area contributed by atoms with Gasteiger partial charge < -0.3 is 5.32 Å². The Labute approximate surface area is 112 Å². The molecule has 6 heteroatoms. The van der Waals surface area contributed by atoms with E-state index in [4.69, 9.17) is 0 Å². The second-order valence-corrected chi connectivity index (χ2v) is 4.35. The highest BCUT2D eigenvalue weighted by Gasteiger charge is 2.15. The van der Waals surface area contributed by atoms with E-state index in [1.54, 1.807) is 16.9 Å². The second-order valence-electron chi connectivity index (χ2n) is 4.35. The molecule has 0 aliphatic rings.